The van der Waals surface area contributed by atoms with Crippen LogP contribution in [0.15, 0.2) is 176 Å². The summed E-state index contributed by atoms with van der Waals surface area (Å²) in [5.74, 6) is 0. The number of fused-ring (bicyclic) bond motifs is 5. The van der Waals surface area contributed by atoms with Gasteiger partial charge in [-0.15, -0.1) is 0 Å². The SMILES string of the molecule is c1cc(-c2ccc3c(c2)c2ccccc2n3-c2ccc3ccccc3c2)cc(-c2ccccc2Nc2cccc3ccccc23)c1. The summed E-state index contributed by atoms with van der Waals surface area (Å²) < 4.78 is 2.40. The second kappa shape index (κ2) is 10.8. The van der Waals surface area contributed by atoms with Gasteiger partial charge in [-0.2, -0.15) is 0 Å². The maximum absolute atomic E-state index is 3.74. The van der Waals surface area contributed by atoms with Crippen LogP contribution in [0.5, 0.6) is 0 Å². The lowest BCUT2D eigenvalue weighted by Crippen LogP contribution is -1.94. The highest BCUT2D eigenvalue weighted by Crippen LogP contribution is 2.38. The first-order valence-electron chi connectivity index (χ1n) is 15.8. The van der Waals surface area contributed by atoms with Gasteiger partial charge < -0.3 is 9.88 Å². The molecule has 0 radical (unpaired) electrons. The maximum atomic E-state index is 3.74. The highest BCUT2D eigenvalue weighted by Gasteiger charge is 2.14. The van der Waals surface area contributed by atoms with Crippen molar-refractivity contribution in [2.45, 2.75) is 0 Å². The molecule has 1 heterocycles. The summed E-state index contributed by atoms with van der Waals surface area (Å²) in [5.41, 5.74) is 10.5. The van der Waals surface area contributed by atoms with Gasteiger partial charge in [0.1, 0.15) is 0 Å². The molecule has 0 unspecified atom stereocenters. The number of hydrogen-bond donors (Lipinski definition) is 1. The van der Waals surface area contributed by atoms with Crippen molar-refractivity contribution < 1.29 is 0 Å². The largest absolute Gasteiger partial charge is 0.355 e. The summed E-state index contributed by atoms with van der Waals surface area (Å²) in [7, 11) is 0. The summed E-state index contributed by atoms with van der Waals surface area (Å²) in [6, 6.07) is 63.4. The van der Waals surface area contributed by atoms with Gasteiger partial charge in [-0.25, -0.2) is 0 Å². The Morgan fingerprint density at radius 2 is 1.00 bits per heavy atom. The number of anilines is 2. The normalized spacial score (nSPS) is 11.5. The van der Waals surface area contributed by atoms with Crippen LogP contribution in [-0.4, -0.2) is 4.57 Å². The van der Waals surface area contributed by atoms with Crippen molar-refractivity contribution >= 4 is 54.7 Å². The third-order valence-corrected chi connectivity index (χ3v) is 9.16. The third-order valence-electron chi connectivity index (χ3n) is 9.16. The van der Waals surface area contributed by atoms with E-state index in [1.54, 1.807) is 0 Å². The first-order valence-corrected chi connectivity index (χ1v) is 15.8. The average Bonchev–Trinajstić information content (AvgIpc) is 3.45. The number of nitrogens with zero attached hydrogens (tertiary/aromatic N) is 1. The van der Waals surface area contributed by atoms with Gasteiger partial charge >= 0.3 is 0 Å². The smallest absolute Gasteiger partial charge is 0.0541 e. The van der Waals surface area contributed by atoms with Crippen LogP contribution in [0.4, 0.5) is 11.4 Å². The van der Waals surface area contributed by atoms with Crippen molar-refractivity contribution in [1.29, 1.82) is 0 Å². The lowest BCUT2D eigenvalue weighted by molar-refractivity contribution is 1.19. The molecule has 1 N–H and O–H groups in total. The molecule has 2 heteroatoms. The Bertz CT molecular complexity index is 2570. The minimum Gasteiger partial charge on any atom is -0.355 e. The quantitative estimate of drug-likeness (QED) is 0.212. The van der Waals surface area contributed by atoms with Crippen molar-refractivity contribution in [3.05, 3.63) is 176 Å². The number of benzene rings is 8. The van der Waals surface area contributed by atoms with Crippen LogP contribution in [0.25, 0.3) is 71.3 Å². The van der Waals surface area contributed by atoms with E-state index in [1.165, 1.54) is 71.3 Å². The number of hydrogen-bond acceptors (Lipinski definition) is 1. The van der Waals surface area contributed by atoms with Gasteiger partial charge in [0.15, 0.2) is 0 Å². The van der Waals surface area contributed by atoms with E-state index in [1.807, 2.05) is 0 Å². The zero-order valence-corrected chi connectivity index (χ0v) is 25.2. The Kier molecular flexibility index (Phi) is 6.17. The van der Waals surface area contributed by atoms with E-state index >= 15 is 0 Å². The van der Waals surface area contributed by atoms with E-state index in [0.717, 1.165) is 11.4 Å². The van der Waals surface area contributed by atoms with Crippen molar-refractivity contribution in [3.8, 4) is 27.9 Å². The molecule has 8 aromatic carbocycles. The fourth-order valence-corrected chi connectivity index (χ4v) is 6.94. The Morgan fingerprint density at radius 1 is 0.348 bits per heavy atom. The number of aromatic nitrogens is 1. The molecule has 0 aliphatic rings. The number of para-hydroxylation sites is 2. The first kappa shape index (κ1) is 26.3. The predicted molar refractivity (Wildman–Crippen MR) is 196 cm³/mol. The van der Waals surface area contributed by atoms with Gasteiger partial charge in [0.05, 0.1) is 11.0 Å². The third kappa shape index (κ3) is 4.43. The second-order valence-electron chi connectivity index (χ2n) is 11.9. The lowest BCUT2D eigenvalue weighted by Gasteiger charge is -2.15. The molecule has 2 nitrogen and oxygen atoms in total. The molecular weight excluding hydrogens is 556 g/mol. The molecule has 0 saturated carbocycles. The minimum atomic E-state index is 1.09. The molecule has 0 amide bonds. The maximum Gasteiger partial charge on any atom is 0.0541 e. The first-order chi connectivity index (χ1) is 22.8. The molecule has 9 aromatic rings. The second-order valence-corrected chi connectivity index (χ2v) is 11.9. The van der Waals surface area contributed by atoms with Crippen LogP contribution < -0.4 is 5.32 Å². The molecule has 0 atom stereocenters. The van der Waals surface area contributed by atoms with E-state index in [9.17, 15) is 0 Å². The Hall–Kier alpha value is -6.12. The highest BCUT2D eigenvalue weighted by molar-refractivity contribution is 6.10. The van der Waals surface area contributed by atoms with Gasteiger partial charge in [-0.3, -0.25) is 0 Å². The summed E-state index contributed by atoms with van der Waals surface area (Å²) in [6.45, 7) is 0. The monoisotopic (exact) mass is 586 g/mol. The molecule has 0 spiro atoms. The molecular formula is C44H30N2. The Balaban J connectivity index is 1.14. The Labute approximate surface area is 267 Å². The Morgan fingerprint density at radius 3 is 1.93 bits per heavy atom. The molecule has 0 fully saturated rings. The molecule has 1 aromatic heterocycles. The van der Waals surface area contributed by atoms with Crippen molar-refractivity contribution in [2.75, 3.05) is 5.32 Å². The summed E-state index contributed by atoms with van der Waals surface area (Å²) >= 11 is 0. The standard InChI is InChI=1S/C44H30N2/c1-2-13-33-28-36(25-23-30(33)11-1)46-43-22-8-6-19-39(43)40-29-34(24-26-44(40)46)32-15-9-16-35(27-32)38-18-5-7-20-41(38)45-42-21-10-14-31-12-3-4-17-37(31)42/h1-29,45H. The summed E-state index contributed by atoms with van der Waals surface area (Å²) in [6.07, 6.45) is 0. The van der Waals surface area contributed by atoms with Crippen LogP contribution in [0.2, 0.25) is 0 Å². The van der Waals surface area contributed by atoms with Gasteiger partial charge in [0.25, 0.3) is 0 Å². The van der Waals surface area contributed by atoms with Crippen LogP contribution in [0.1, 0.15) is 0 Å². The van der Waals surface area contributed by atoms with Crippen molar-refractivity contribution in [1.82, 2.24) is 4.57 Å². The fraction of sp³-hybridized carbons (Fsp3) is 0. The number of rotatable bonds is 5. The van der Waals surface area contributed by atoms with Crippen LogP contribution in [-0.2, 0) is 0 Å². The lowest BCUT2D eigenvalue weighted by atomic mass is 9.97. The van der Waals surface area contributed by atoms with Gasteiger partial charge in [0, 0.05) is 38.8 Å². The summed E-state index contributed by atoms with van der Waals surface area (Å²) in [4.78, 5) is 0. The highest BCUT2D eigenvalue weighted by atomic mass is 15.0. The average molecular weight is 587 g/mol. The minimum absolute atomic E-state index is 1.09. The molecule has 0 aliphatic carbocycles. The fourth-order valence-electron chi connectivity index (χ4n) is 6.94. The van der Waals surface area contributed by atoms with Crippen molar-refractivity contribution in [3.63, 3.8) is 0 Å². The predicted octanol–water partition coefficient (Wildman–Crippen LogP) is 12.2. The van der Waals surface area contributed by atoms with E-state index in [2.05, 4.69) is 186 Å². The molecule has 46 heavy (non-hydrogen) atoms. The number of nitrogens with one attached hydrogen (secondary N) is 1. The van der Waals surface area contributed by atoms with Crippen LogP contribution >= 0.6 is 0 Å². The zero-order chi connectivity index (χ0) is 30.5. The molecule has 9 rings (SSSR count). The van der Waals surface area contributed by atoms with E-state index in [-0.39, 0.29) is 0 Å². The van der Waals surface area contributed by atoms with E-state index in [4.69, 9.17) is 0 Å². The van der Waals surface area contributed by atoms with Crippen LogP contribution in [0.3, 0.4) is 0 Å². The van der Waals surface area contributed by atoms with Gasteiger partial charge in [-0.1, -0.05) is 127 Å². The van der Waals surface area contributed by atoms with E-state index < -0.39 is 0 Å². The molecule has 0 aliphatic heterocycles. The van der Waals surface area contributed by atoms with Crippen molar-refractivity contribution in [2.24, 2.45) is 0 Å². The van der Waals surface area contributed by atoms with Crippen LogP contribution in [0, 0.1) is 0 Å². The molecule has 0 saturated heterocycles. The van der Waals surface area contributed by atoms with E-state index in [0.29, 0.717) is 0 Å². The van der Waals surface area contributed by atoms with Gasteiger partial charge in [-0.05, 0) is 81.4 Å². The molecule has 0 bridgehead atoms. The molecule has 216 valence electrons. The zero-order valence-electron chi connectivity index (χ0n) is 25.2. The van der Waals surface area contributed by atoms with Gasteiger partial charge in [0.2, 0.25) is 0 Å². The summed E-state index contributed by atoms with van der Waals surface area (Å²) in [5, 5.41) is 11.2. The topological polar surface area (TPSA) is 17.0 Å².